The summed E-state index contributed by atoms with van der Waals surface area (Å²) in [6, 6.07) is 0. The summed E-state index contributed by atoms with van der Waals surface area (Å²) in [5.74, 6) is 1.36. The van der Waals surface area contributed by atoms with Gasteiger partial charge in [-0.15, -0.1) is 16.8 Å². The Kier molecular flexibility index (Phi) is 6.92. The number of piperidine rings is 1. The topological polar surface area (TPSA) is 64.2 Å². The van der Waals surface area contributed by atoms with Gasteiger partial charge in [0, 0.05) is 13.6 Å². The summed E-state index contributed by atoms with van der Waals surface area (Å²) in [6.07, 6.45) is 6.82. The number of aromatic nitrogens is 3. The van der Waals surface area contributed by atoms with Gasteiger partial charge < -0.3 is 14.8 Å². The van der Waals surface area contributed by atoms with Gasteiger partial charge in [-0.1, -0.05) is 17.8 Å². The summed E-state index contributed by atoms with van der Waals surface area (Å²) in [5, 5.41) is 12.0. The van der Waals surface area contributed by atoms with Crippen LogP contribution >= 0.6 is 11.8 Å². The minimum Gasteiger partial charge on any atom is -0.358 e. The molecule has 1 amide bonds. The minimum absolute atomic E-state index is 0.00235. The number of allylic oxidation sites excluding steroid dienone is 1. The summed E-state index contributed by atoms with van der Waals surface area (Å²) in [7, 11) is 1.64. The molecule has 0 radical (unpaired) electrons. The standard InChI is InChI=1S/C15H25N5OS/c1-3-8-20-13(7-11-19-9-5-4-6-10-19)17-18-15(20)22-12-14(21)16-2/h3H,1,4-12H2,2H3,(H,16,21)/p+1. The third-order valence-corrected chi connectivity index (χ3v) is 4.95. The van der Waals surface area contributed by atoms with Crippen LogP contribution in [0.4, 0.5) is 0 Å². The number of quaternary nitrogens is 1. The number of amides is 1. The molecule has 1 aliphatic heterocycles. The first-order valence-electron chi connectivity index (χ1n) is 7.94. The second-order valence-corrected chi connectivity index (χ2v) is 6.51. The van der Waals surface area contributed by atoms with Gasteiger partial charge in [0.1, 0.15) is 5.82 Å². The van der Waals surface area contributed by atoms with Crippen molar-refractivity contribution in [1.82, 2.24) is 20.1 Å². The molecule has 1 fully saturated rings. The van der Waals surface area contributed by atoms with Gasteiger partial charge in [-0.2, -0.15) is 0 Å². The zero-order valence-electron chi connectivity index (χ0n) is 13.3. The van der Waals surface area contributed by atoms with E-state index in [2.05, 4.69) is 26.7 Å². The van der Waals surface area contributed by atoms with Crippen LogP contribution < -0.4 is 10.2 Å². The molecule has 2 heterocycles. The molecule has 0 unspecified atom stereocenters. The molecule has 1 aromatic heterocycles. The zero-order chi connectivity index (χ0) is 15.8. The average Bonchev–Trinajstić information content (AvgIpc) is 2.94. The highest BCUT2D eigenvalue weighted by molar-refractivity contribution is 7.99. The first kappa shape index (κ1) is 17.0. The number of carbonyl (C=O) groups excluding carboxylic acids is 1. The molecule has 1 aliphatic rings. The number of hydrogen-bond donors (Lipinski definition) is 2. The van der Waals surface area contributed by atoms with Crippen LogP contribution in [0, 0.1) is 0 Å². The van der Waals surface area contributed by atoms with Crippen LogP contribution in [-0.2, 0) is 17.8 Å². The van der Waals surface area contributed by atoms with Crippen molar-refractivity contribution in [1.29, 1.82) is 0 Å². The first-order chi connectivity index (χ1) is 10.7. The van der Waals surface area contributed by atoms with E-state index in [1.807, 2.05) is 6.08 Å². The molecule has 1 aromatic rings. The molecule has 0 spiro atoms. The maximum absolute atomic E-state index is 11.4. The third-order valence-electron chi connectivity index (χ3n) is 3.98. The average molecular weight is 324 g/mol. The first-order valence-corrected chi connectivity index (χ1v) is 8.93. The SMILES string of the molecule is C=CCn1c(CC[NH+]2CCCCC2)nnc1SCC(=O)NC. The molecule has 0 atom stereocenters. The van der Waals surface area contributed by atoms with Crippen LogP contribution in [0.25, 0.3) is 0 Å². The van der Waals surface area contributed by atoms with E-state index in [4.69, 9.17) is 0 Å². The van der Waals surface area contributed by atoms with E-state index in [0.29, 0.717) is 12.3 Å². The molecule has 0 aliphatic carbocycles. The summed E-state index contributed by atoms with van der Waals surface area (Å²) >= 11 is 1.42. The number of nitrogens with one attached hydrogen (secondary N) is 2. The second-order valence-electron chi connectivity index (χ2n) is 5.57. The Hall–Kier alpha value is -1.34. The number of carbonyl (C=O) groups is 1. The van der Waals surface area contributed by atoms with Crippen LogP contribution in [0.5, 0.6) is 0 Å². The van der Waals surface area contributed by atoms with Crippen molar-refractivity contribution < 1.29 is 9.69 Å². The van der Waals surface area contributed by atoms with E-state index in [9.17, 15) is 4.79 Å². The molecule has 22 heavy (non-hydrogen) atoms. The van der Waals surface area contributed by atoms with E-state index in [1.54, 1.807) is 11.9 Å². The fourth-order valence-electron chi connectivity index (χ4n) is 2.72. The molecule has 0 saturated carbocycles. The van der Waals surface area contributed by atoms with Gasteiger partial charge in [-0.3, -0.25) is 4.79 Å². The number of nitrogens with zero attached hydrogens (tertiary/aromatic N) is 3. The molecule has 6 nitrogen and oxygen atoms in total. The van der Waals surface area contributed by atoms with Gasteiger partial charge >= 0.3 is 0 Å². The molecule has 1 saturated heterocycles. The van der Waals surface area contributed by atoms with Gasteiger partial charge in [0.15, 0.2) is 5.16 Å². The lowest BCUT2D eigenvalue weighted by Gasteiger charge is -2.23. The maximum Gasteiger partial charge on any atom is 0.230 e. The van der Waals surface area contributed by atoms with E-state index in [1.165, 1.54) is 44.1 Å². The molecule has 2 N–H and O–H groups in total. The normalized spacial score (nSPS) is 15.7. The van der Waals surface area contributed by atoms with Crippen molar-refractivity contribution >= 4 is 17.7 Å². The maximum atomic E-state index is 11.4. The Morgan fingerprint density at radius 2 is 2.18 bits per heavy atom. The fourth-order valence-corrected chi connectivity index (χ4v) is 3.55. The molecule has 7 heteroatoms. The van der Waals surface area contributed by atoms with Crippen molar-refractivity contribution in [3.63, 3.8) is 0 Å². The Labute approximate surface area is 136 Å². The lowest BCUT2D eigenvalue weighted by Crippen LogP contribution is -3.13. The van der Waals surface area contributed by atoms with Gasteiger partial charge in [0.05, 0.1) is 31.8 Å². The number of hydrogen-bond acceptors (Lipinski definition) is 4. The lowest BCUT2D eigenvalue weighted by atomic mass is 10.1. The number of likely N-dealkylation sites (tertiary alicyclic amines) is 1. The van der Waals surface area contributed by atoms with E-state index in [0.717, 1.165) is 23.9 Å². The number of thioether (sulfide) groups is 1. The van der Waals surface area contributed by atoms with Gasteiger partial charge in [-0.25, -0.2) is 0 Å². The predicted octanol–water partition coefficient (Wildman–Crippen LogP) is -0.0865. The second kappa shape index (κ2) is 8.95. The van der Waals surface area contributed by atoms with E-state index in [-0.39, 0.29) is 5.91 Å². The Bertz CT molecular complexity index is 496. The highest BCUT2D eigenvalue weighted by Crippen LogP contribution is 2.17. The van der Waals surface area contributed by atoms with E-state index < -0.39 is 0 Å². The smallest absolute Gasteiger partial charge is 0.230 e. The quantitative estimate of drug-likeness (QED) is 0.518. The molecule has 122 valence electrons. The third kappa shape index (κ3) is 4.84. The summed E-state index contributed by atoms with van der Waals surface area (Å²) in [4.78, 5) is 13.0. The largest absolute Gasteiger partial charge is 0.358 e. The minimum atomic E-state index is -0.00235. The van der Waals surface area contributed by atoms with Gasteiger partial charge in [0.2, 0.25) is 5.91 Å². The van der Waals surface area contributed by atoms with Gasteiger partial charge in [0.25, 0.3) is 0 Å². The highest BCUT2D eigenvalue weighted by Gasteiger charge is 2.17. The Morgan fingerprint density at radius 3 is 2.86 bits per heavy atom. The van der Waals surface area contributed by atoms with Crippen LogP contribution in [0.15, 0.2) is 17.8 Å². The molecule has 0 bridgehead atoms. The summed E-state index contributed by atoms with van der Waals surface area (Å²) < 4.78 is 2.07. The predicted molar refractivity (Wildman–Crippen MR) is 88.1 cm³/mol. The highest BCUT2D eigenvalue weighted by atomic mass is 32.2. The monoisotopic (exact) mass is 324 g/mol. The van der Waals surface area contributed by atoms with Crippen molar-refractivity contribution in [2.24, 2.45) is 0 Å². The molecular formula is C15H26N5OS+. The zero-order valence-corrected chi connectivity index (χ0v) is 14.1. The van der Waals surface area contributed by atoms with Crippen LogP contribution in [-0.4, -0.2) is 53.1 Å². The van der Waals surface area contributed by atoms with E-state index >= 15 is 0 Å². The van der Waals surface area contributed by atoms with Crippen LogP contribution in [0.3, 0.4) is 0 Å². The number of rotatable bonds is 8. The van der Waals surface area contributed by atoms with Crippen molar-refractivity contribution in [2.45, 2.75) is 37.4 Å². The lowest BCUT2D eigenvalue weighted by molar-refractivity contribution is -0.904. The van der Waals surface area contributed by atoms with Gasteiger partial charge in [-0.05, 0) is 19.3 Å². The molecular weight excluding hydrogens is 298 g/mol. The fraction of sp³-hybridized carbons (Fsp3) is 0.667. The van der Waals surface area contributed by atoms with Crippen molar-refractivity contribution in [3.05, 3.63) is 18.5 Å². The Balaban J connectivity index is 1.95. The summed E-state index contributed by atoms with van der Waals surface area (Å²) in [5.41, 5.74) is 0. The Morgan fingerprint density at radius 1 is 1.41 bits per heavy atom. The van der Waals surface area contributed by atoms with Crippen LogP contribution in [0.2, 0.25) is 0 Å². The summed E-state index contributed by atoms with van der Waals surface area (Å²) in [6.45, 7) is 8.15. The molecule has 2 rings (SSSR count). The van der Waals surface area contributed by atoms with Crippen molar-refractivity contribution in [3.8, 4) is 0 Å². The van der Waals surface area contributed by atoms with Crippen molar-refractivity contribution in [2.75, 3.05) is 32.4 Å². The molecule has 0 aromatic carbocycles. The van der Waals surface area contributed by atoms with Crippen LogP contribution in [0.1, 0.15) is 25.1 Å².